The van der Waals surface area contributed by atoms with Crippen LogP contribution in [-0.4, -0.2) is 74.2 Å². The summed E-state index contributed by atoms with van der Waals surface area (Å²) in [6.45, 7) is 7.16. The predicted octanol–water partition coefficient (Wildman–Crippen LogP) is 2.10. The average molecular weight is 502 g/mol. The Morgan fingerprint density at radius 1 is 1.29 bits per heavy atom. The van der Waals surface area contributed by atoms with Gasteiger partial charge in [-0.2, -0.15) is 0 Å². The van der Waals surface area contributed by atoms with E-state index in [0.29, 0.717) is 26.2 Å². The molecule has 0 radical (unpaired) electrons. The van der Waals surface area contributed by atoms with Crippen molar-refractivity contribution >= 4 is 35.8 Å². The van der Waals surface area contributed by atoms with E-state index in [1.165, 1.54) is 0 Å². The lowest BCUT2D eigenvalue weighted by molar-refractivity contribution is -0.142. The molecule has 28 heavy (non-hydrogen) atoms. The zero-order valence-corrected chi connectivity index (χ0v) is 19.1. The van der Waals surface area contributed by atoms with Crippen molar-refractivity contribution in [2.24, 2.45) is 4.99 Å². The first kappa shape index (κ1) is 22.7. The third kappa shape index (κ3) is 5.97. The summed E-state index contributed by atoms with van der Waals surface area (Å²) >= 11 is 0. The van der Waals surface area contributed by atoms with E-state index in [4.69, 9.17) is 14.5 Å². The van der Waals surface area contributed by atoms with Gasteiger partial charge in [-0.25, -0.2) is 4.99 Å². The van der Waals surface area contributed by atoms with E-state index in [2.05, 4.69) is 17.1 Å². The largest absolute Gasteiger partial charge is 0.497 e. The summed E-state index contributed by atoms with van der Waals surface area (Å²) in [4.78, 5) is 21.4. The minimum absolute atomic E-state index is 0. The highest BCUT2D eigenvalue weighted by molar-refractivity contribution is 14.0. The highest BCUT2D eigenvalue weighted by Gasteiger charge is 2.30. The van der Waals surface area contributed by atoms with Crippen molar-refractivity contribution in [1.82, 2.24) is 15.1 Å². The van der Waals surface area contributed by atoms with Gasteiger partial charge in [0.1, 0.15) is 11.9 Å². The molecule has 2 fully saturated rings. The number of nitrogens with one attached hydrogen (secondary N) is 1. The van der Waals surface area contributed by atoms with Crippen molar-refractivity contribution in [3.63, 3.8) is 0 Å². The van der Waals surface area contributed by atoms with Crippen LogP contribution in [0.2, 0.25) is 0 Å². The number of piperazine rings is 1. The third-order valence-corrected chi connectivity index (χ3v) is 4.98. The van der Waals surface area contributed by atoms with Crippen LogP contribution in [0.25, 0.3) is 0 Å². The standard InChI is InChI=1S/C20H30N4O3.HI/c1-3-21-20(22-15-16-6-4-7-17(14-16)26-2)24-11-9-23(10-12-24)19(25)18-8-5-13-27-18;/h4,6-7,14,18H,3,5,8-13,15H2,1-2H3,(H,21,22);1H. The van der Waals surface area contributed by atoms with Gasteiger partial charge in [0.15, 0.2) is 5.96 Å². The Kier molecular flexibility index (Phi) is 9.30. The molecule has 0 aromatic heterocycles. The number of carbonyl (C=O) groups excluding carboxylic acids is 1. The third-order valence-electron chi connectivity index (χ3n) is 4.98. The number of carbonyl (C=O) groups is 1. The zero-order valence-electron chi connectivity index (χ0n) is 16.7. The molecule has 1 aromatic carbocycles. The van der Waals surface area contributed by atoms with E-state index in [1.54, 1.807) is 7.11 Å². The summed E-state index contributed by atoms with van der Waals surface area (Å²) in [5.41, 5.74) is 1.11. The van der Waals surface area contributed by atoms with Gasteiger partial charge in [-0.3, -0.25) is 4.79 Å². The van der Waals surface area contributed by atoms with Crippen LogP contribution in [0.5, 0.6) is 5.75 Å². The molecule has 7 nitrogen and oxygen atoms in total. The second-order valence-electron chi connectivity index (χ2n) is 6.84. The molecule has 1 N–H and O–H groups in total. The van der Waals surface area contributed by atoms with Gasteiger partial charge in [0.05, 0.1) is 13.7 Å². The van der Waals surface area contributed by atoms with E-state index in [1.807, 2.05) is 29.2 Å². The van der Waals surface area contributed by atoms with E-state index >= 15 is 0 Å². The Labute approximate surface area is 184 Å². The molecule has 2 aliphatic rings. The number of nitrogens with zero attached hydrogens (tertiary/aromatic N) is 3. The summed E-state index contributed by atoms with van der Waals surface area (Å²) in [6, 6.07) is 7.97. The van der Waals surface area contributed by atoms with Crippen molar-refractivity contribution in [2.75, 3.05) is 46.4 Å². The van der Waals surface area contributed by atoms with E-state index in [9.17, 15) is 4.79 Å². The van der Waals surface area contributed by atoms with E-state index in [0.717, 1.165) is 49.7 Å². The SMILES string of the molecule is CCNC(=NCc1cccc(OC)c1)N1CCN(C(=O)C2CCCO2)CC1.I. The van der Waals surface area contributed by atoms with Crippen molar-refractivity contribution in [1.29, 1.82) is 0 Å². The van der Waals surface area contributed by atoms with Gasteiger partial charge in [-0.05, 0) is 37.5 Å². The van der Waals surface area contributed by atoms with Crippen LogP contribution in [0.1, 0.15) is 25.3 Å². The number of aliphatic imine (C=N–C) groups is 1. The van der Waals surface area contributed by atoms with Gasteiger partial charge in [0.25, 0.3) is 5.91 Å². The number of amides is 1. The maximum atomic E-state index is 12.5. The summed E-state index contributed by atoms with van der Waals surface area (Å²) in [5.74, 6) is 1.88. The molecule has 2 heterocycles. The summed E-state index contributed by atoms with van der Waals surface area (Å²) in [7, 11) is 1.67. The maximum Gasteiger partial charge on any atom is 0.251 e. The van der Waals surface area contributed by atoms with Gasteiger partial charge in [0.2, 0.25) is 0 Å². The minimum atomic E-state index is -0.230. The summed E-state index contributed by atoms with van der Waals surface area (Å²) < 4.78 is 10.8. The quantitative estimate of drug-likeness (QED) is 0.380. The van der Waals surface area contributed by atoms with Gasteiger partial charge in [-0.1, -0.05) is 12.1 Å². The molecular weight excluding hydrogens is 471 g/mol. The molecule has 0 aliphatic carbocycles. The molecule has 2 saturated heterocycles. The molecule has 2 aliphatic heterocycles. The lowest BCUT2D eigenvalue weighted by Gasteiger charge is -2.37. The summed E-state index contributed by atoms with van der Waals surface area (Å²) in [6.07, 6.45) is 1.60. The Hall–Kier alpha value is -1.55. The Bertz CT molecular complexity index is 657. The van der Waals surface area contributed by atoms with Crippen LogP contribution < -0.4 is 10.1 Å². The molecule has 1 amide bonds. The van der Waals surface area contributed by atoms with Crippen molar-refractivity contribution in [3.05, 3.63) is 29.8 Å². The smallest absolute Gasteiger partial charge is 0.251 e. The Morgan fingerprint density at radius 2 is 2.04 bits per heavy atom. The fourth-order valence-corrected chi connectivity index (χ4v) is 3.48. The highest BCUT2D eigenvalue weighted by atomic mass is 127. The van der Waals surface area contributed by atoms with Crippen molar-refractivity contribution in [2.45, 2.75) is 32.4 Å². The van der Waals surface area contributed by atoms with E-state index < -0.39 is 0 Å². The number of ether oxygens (including phenoxy) is 2. The molecule has 8 heteroatoms. The molecule has 3 rings (SSSR count). The number of guanidine groups is 1. The number of rotatable bonds is 5. The lowest BCUT2D eigenvalue weighted by Crippen LogP contribution is -2.55. The van der Waals surface area contributed by atoms with Gasteiger partial charge in [0, 0.05) is 39.3 Å². The first-order chi connectivity index (χ1) is 13.2. The zero-order chi connectivity index (χ0) is 19.1. The second-order valence-corrected chi connectivity index (χ2v) is 6.84. The molecule has 0 bridgehead atoms. The maximum absolute atomic E-state index is 12.5. The Morgan fingerprint density at radius 3 is 2.68 bits per heavy atom. The molecule has 156 valence electrons. The first-order valence-electron chi connectivity index (χ1n) is 9.78. The number of hydrogen-bond acceptors (Lipinski definition) is 4. The van der Waals surface area contributed by atoms with Gasteiger partial charge in [-0.15, -0.1) is 24.0 Å². The number of benzene rings is 1. The minimum Gasteiger partial charge on any atom is -0.497 e. The van der Waals surface area contributed by atoms with Gasteiger partial charge >= 0.3 is 0 Å². The number of hydrogen-bond donors (Lipinski definition) is 1. The van der Waals surface area contributed by atoms with Gasteiger partial charge < -0.3 is 24.6 Å². The van der Waals surface area contributed by atoms with Crippen LogP contribution >= 0.6 is 24.0 Å². The highest BCUT2D eigenvalue weighted by Crippen LogP contribution is 2.16. The normalized spacial score (nSPS) is 19.9. The molecule has 1 aromatic rings. The number of methoxy groups -OCH3 is 1. The first-order valence-corrected chi connectivity index (χ1v) is 9.78. The predicted molar refractivity (Wildman–Crippen MR) is 120 cm³/mol. The molecule has 0 saturated carbocycles. The lowest BCUT2D eigenvalue weighted by atomic mass is 10.2. The number of halogens is 1. The van der Waals surface area contributed by atoms with E-state index in [-0.39, 0.29) is 36.0 Å². The molecule has 0 spiro atoms. The Balaban J connectivity index is 0.00000280. The van der Waals surface area contributed by atoms with Crippen LogP contribution in [0.3, 0.4) is 0 Å². The molecular formula is C20H31IN4O3. The van der Waals surface area contributed by atoms with Crippen molar-refractivity contribution < 1.29 is 14.3 Å². The fraction of sp³-hybridized carbons (Fsp3) is 0.600. The van der Waals surface area contributed by atoms with Crippen LogP contribution in [-0.2, 0) is 16.1 Å². The van der Waals surface area contributed by atoms with Crippen LogP contribution in [0.15, 0.2) is 29.3 Å². The topological polar surface area (TPSA) is 66.4 Å². The van der Waals surface area contributed by atoms with Crippen molar-refractivity contribution in [3.8, 4) is 5.75 Å². The molecule has 1 unspecified atom stereocenters. The summed E-state index contributed by atoms with van der Waals surface area (Å²) in [5, 5.41) is 3.37. The average Bonchev–Trinajstić information content (AvgIpc) is 3.26. The molecule has 1 atom stereocenters. The second kappa shape index (κ2) is 11.5. The van der Waals surface area contributed by atoms with Crippen LogP contribution in [0.4, 0.5) is 0 Å². The van der Waals surface area contributed by atoms with Crippen LogP contribution in [0, 0.1) is 0 Å². The fourth-order valence-electron chi connectivity index (χ4n) is 3.48. The monoisotopic (exact) mass is 502 g/mol.